The van der Waals surface area contributed by atoms with Crippen LogP contribution in [0.3, 0.4) is 0 Å². The SMILES string of the molecule is C=C(Nc1cccc(C)c1)n1ncc(CC)c1N=C(C)C.CCC.CCC(C)=O.CCC(C)CCO. The fourth-order valence-electron chi connectivity index (χ4n) is 2.52. The van der Waals surface area contributed by atoms with Crippen molar-refractivity contribution in [2.75, 3.05) is 11.9 Å². The number of hydrogen-bond acceptors (Lipinski definition) is 5. The molecule has 1 atom stereocenters. The van der Waals surface area contributed by atoms with E-state index >= 15 is 0 Å². The molecule has 1 heterocycles. The third-order valence-corrected chi connectivity index (χ3v) is 4.91. The van der Waals surface area contributed by atoms with Crippen molar-refractivity contribution in [3.63, 3.8) is 0 Å². The van der Waals surface area contributed by atoms with Gasteiger partial charge in [0.05, 0.1) is 6.20 Å². The van der Waals surface area contributed by atoms with Crippen LogP contribution in [0.4, 0.5) is 11.5 Å². The highest BCUT2D eigenvalue weighted by atomic mass is 16.3. The Balaban J connectivity index is 0. The van der Waals surface area contributed by atoms with Crippen molar-refractivity contribution in [1.82, 2.24) is 9.78 Å². The summed E-state index contributed by atoms with van der Waals surface area (Å²) in [7, 11) is 0. The molecule has 0 aliphatic heterocycles. The maximum absolute atomic E-state index is 9.81. The zero-order valence-corrected chi connectivity index (χ0v) is 24.6. The van der Waals surface area contributed by atoms with Crippen LogP contribution < -0.4 is 5.32 Å². The summed E-state index contributed by atoms with van der Waals surface area (Å²) in [5.74, 6) is 2.50. The van der Waals surface area contributed by atoms with E-state index in [2.05, 4.69) is 75.7 Å². The van der Waals surface area contributed by atoms with E-state index in [1.807, 2.05) is 39.1 Å². The molecule has 1 unspecified atom stereocenters. The number of nitrogens with one attached hydrogen (secondary N) is 1. The zero-order chi connectivity index (χ0) is 28.1. The average Bonchev–Trinajstić information content (AvgIpc) is 3.22. The number of aromatic nitrogens is 2. The maximum Gasteiger partial charge on any atom is 0.160 e. The molecule has 2 aromatic rings. The number of aliphatic hydroxyl groups is 1. The molecule has 2 rings (SSSR count). The van der Waals surface area contributed by atoms with Crippen molar-refractivity contribution in [2.24, 2.45) is 10.9 Å². The first-order valence-corrected chi connectivity index (χ1v) is 13.2. The van der Waals surface area contributed by atoms with Gasteiger partial charge in [-0.15, -0.1) is 0 Å². The van der Waals surface area contributed by atoms with Crippen LogP contribution in [-0.2, 0) is 11.2 Å². The number of aliphatic hydroxyl groups excluding tert-OH is 1. The van der Waals surface area contributed by atoms with Gasteiger partial charge in [0.1, 0.15) is 11.6 Å². The number of anilines is 1. The second-order valence-corrected chi connectivity index (χ2v) is 9.05. The van der Waals surface area contributed by atoms with E-state index in [9.17, 15) is 4.79 Å². The molecule has 1 aromatic carbocycles. The lowest BCUT2D eigenvalue weighted by atomic mass is 10.1. The summed E-state index contributed by atoms with van der Waals surface area (Å²) >= 11 is 0. The van der Waals surface area contributed by atoms with Gasteiger partial charge in [0.2, 0.25) is 0 Å². The van der Waals surface area contributed by atoms with Crippen LogP contribution >= 0.6 is 0 Å². The number of ketones is 1. The monoisotopic (exact) mass is 500 g/mol. The van der Waals surface area contributed by atoms with Gasteiger partial charge in [-0.25, -0.2) is 4.99 Å². The van der Waals surface area contributed by atoms with E-state index in [-0.39, 0.29) is 5.78 Å². The van der Waals surface area contributed by atoms with Crippen molar-refractivity contribution in [3.05, 3.63) is 48.2 Å². The highest BCUT2D eigenvalue weighted by Gasteiger charge is 2.11. The summed E-state index contributed by atoms with van der Waals surface area (Å²) in [4.78, 5) is 14.4. The van der Waals surface area contributed by atoms with Crippen molar-refractivity contribution in [2.45, 2.75) is 101 Å². The number of rotatable bonds is 9. The topological polar surface area (TPSA) is 79.5 Å². The van der Waals surface area contributed by atoms with Crippen LogP contribution in [0, 0.1) is 12.8 Å². The van der Waals surface area contributed by atoms with Crippen molar-refractivity contribution in [1.29, 1.82) is 0 Å². The Morgan fingerprint density at radius 1 is 1.17 bits per heavy atom. The van der Waals surface area contributed by atoms with Gasteiger partial charge in [-0.1, -0.05) is 73.1 Å². The summed E-state index contributed by atoms with van der Waals surface area (Å²) in [5.41, 5.74) is 4.31. The molecule has 1 aromatic heterocycles. The second kappa shape index (κ2) is 21.5. The van der Waals surface area contributed by atoms with E-state index in [0.29, 0.717) is 24.8 Å². The minimum Gasteiger partial charge on any atom is -0.396 e. The standard InChI is InChI=1S/C17H22N4.C6H14O.C4H8O.C3H8/c1-6-15-11-18-21(17(15)19-12(2)3)14(5)20-16-9-7-8-13(4)10-16;1-3-6(2)4-5-7;1-3-4(2)5;1-3-2/h7-11,20H,5-6H2,1-4H3;6-7H,3-5H2,1-2H3;3H2,1-2H3;3H2,1-2H3. The smallest absolute Gasteiger partial charge is 0.160 e. The van der Waals surface area contributed by atoms with Crippen LogP contribution in [0.1, 0.15) is 99.1 Å². The Labute approximate surface area is 220 Å². The van der Waals surface area contributed by atoms with Crippen LogP contribution in [0.5, 0.6) is 0 Å². The molecule has 0 spiro atoms. The van der Waals surface area contributed by atoms with E-state index in [1.54, 1.807) is 11.6 Å². The Hall–Kier alpha value is -2.73. The number of Topliss-reactive ketones (excluding diaryl/α,β-unsaturated/α-hetero) is 1. The highest BCUT2D eigenvalue weighted by Crippen LogP contribution is 2.24. The number of aryl methyl sites for hydroxylation is 2. The van der Waals surface area contributed by atoms with Gasteiger partial charge in [-0.3, -0.25) is 0 Å². The van der Waals surface area contributed by atoms with Crippen LogP contribution in [0.15, 0.2) is 42.0 Å². The lowest BCUT2D eigenvalue weighted by molar-refractivity contribution is -0.116. The molecule has 6 nitrogen and oxygen atoms in total. The van der Waals surface area contributed by atoms with Gasteiger partial charge >= 0.3 is 0 Å². The van der Waals surface area contributed by atoms with Gasteiger partial charge in [0.15, 0.2) is 5.82 Å². The Bertz CT molecular complexity index is 896. The maximum atomic E-state index is 9.81. The fourth-order valence-corrected chi connectivity index (χ4v) is 2.52. The number of nitrogens with zero attached hydrogens (tertiary/aromatic N) is 3. The molecule has 2 N–H and O–H groups in total. The summed E-state index contributed by atoms with van der Waals surface area (Å²) in [6.45, 7) is 24.5. The quantitative estimate of drug-likeness (QED) is 0.340. The number of aliphatic imine (C=N–C) groups is 1. The van der Waals surface area contributed by atoms with E-state index in [0.717, 1.165) is 35.6 Å². The molecule has 0 fully saturated rings. The van der Waals surface area contributed by atoms with E-state index in [4.69, 9.17) is 5.11 Å². The molecule has 204 valence electrons. The number of hydrogen-bond donors (Lipinski definition) is 2. The predicted octanol–water partition coefficient (Wildman–Crippen LogP) is 8.22. The van der Waals surface area contributed by atoms with Crippen LogP contribution in [-0.4, -0.2) is 33.0 Å². The number of carbonyl (C=O) groups is 1. The van der Waals surface area contributed by atoms with E-state index in [1.165, 1.54) is 18.4 Å². The molecule has 36 heavy (non-hydrogen) atoms. The molecule has 0 saturated heterocycles. The van der Waals surface area contributed by atoms with Gasteiger partial charge < -0.3 is 15.2 Å². The van der Waals surface area contributed by atoms with Crippen molar-refractivity contribution < 1.29 is 9.90 Å². The number of carbonyl (C=O) groups excluding carboxylic acids is 1. The summed E-state index contributed by atoms with van der Waals surface area (Å²) in [6, 6.07) is 8.16. The Morgan fingerprint density at radius 2 is 1.75 bits per heavy atom. The highest BCUT2D eigenvalue weighted by molar-refractivity contribution is 5.82. The van der Waals surface area contributed by atoms with Crippen molar-refractivity contribution >= 4 is 28.8 Å². The molecular weight excluding hydrogens is 448 g/mol. The molecular formula is C30H52N4O2. The minimum absolute atomic E-state index is 0.255. The normalized spacial score (nSPS) is 10.3. The Kier molecular flexibility index (Phi) is 21.2. The molecule has 0 aliphatic rings. The summed E-state index contributed by atoms with van der Waals surface area (Å²) in [6.07, 6.45) is 6.80. The first-order chi connectivity index (χ1) is 17.0. The summed E-state index contributed by atoms with van der Waals surface area (Å²) in [5, 5.41) is 16.1. The first-order valence-electron chi connectivity index (χ1n) is 13.2. The number of benzene rings is 1. The third kappa shape index (κ3) is 16.8. The first kappa shape index (κ1) is 35.4. The van der Waals surface area contributed by atoms with Gasteiger partial charge in [0.25, 0.3) is 0 Å². The molecule has 0 aliphatic carbocycles. The van der Waals surface area contributed by atoms with E-state index < -0.39 is 0 Å². The molecule has 6 heteroatoms. The van der Waals surface area contributed by atoms with Gasteiger partial charge in [-0.05, 0) is 64.2 Å². The second-order valence-electron chi connectivity index (χ2n) is 9.05. The minimum atomic E-state index is 0.255. The molecule has 0 saturated carbocycles. The largest absolute Gasteiger partial charge is 0.396 e. The fraction of sp³-hybridized carbons (Fsp3) is 0.567. The molecule has 0 radical (unpaired) electrons. The lowest BCUT2D eigenvalue weighted by Gasteiger charge is -2.12. The van der Waals surface area contributed by atoms with Crippen LogP contribution in [0.25, 0.3) is 5.82 Å². The van der Waals surface area contributed by atoms with Gasteiger partial charge in [0, 0.05) is 30.0 Å². The predicted molar refractivity (Wildman–Crippen MR) is 158 cm³/mol. The van der Waals surface area contributed by atoms with Gasteiger partial charge in [-0.2, -0.15) is 9.78 Å². The third-order valence-electron chi connectivity index (χ3n) is 4.91. The van der Waals surface area contributed by atoms with Crippen LogP contribution in [0.2, 0.25) is 0 Å². The Morgan fingerprint density at radius 3 is 2.14 bits per heavy atom. The zero-order valence-electron chi connectivity index (χ0n) is 24.6. The lowest BCUT2D eigenvalue weighted by Crippen LogP contribution is -2.07. The molecule has 0 amide bonds. The van der Waals surface area contributed by atoms with Crippen molar-refractivity contribution in [3.8, 4) is 0 Å². The summed E-state index contributed by atoms with van der Waals surface area (Å²) < 4.78 is 1.76. The average molecular weight is 501 g/mol. The molecule has 0 bridgehead atoms.